The lowest BCUT2D eigenvalue weighted by Crippen LogP contribution is -2.35. The molecule has 6 rings (SSSR count). The molecule has 2 N–H and O–H groups in total. The van der Waals surface area contributed by atoms with E-state index in [-0.39, 0.29) is 11.5 Å². The lowest BCUT2D eigenvalue weighted by Gasteiger charge is -2.29. The van der Waals surface area contributed by atoms with Crippen molar-refractivity contribution in [1.82, 2.24) is 0 Å². The lowest BCUT2D eigenvalue weighted by atomic mass is 9.77. The SMILES string of the molecule is COc1cc2c(cc1Cl)N(CCCCS(=O)(=O)O)C(=CC1=CC3=CC(=Cc4sc5cc(OC)c(Cl)cc5[n+]4CCCCS(=O)(=O)O)CCC3CC1)S2. The first-order chi connectivity index (χ1) is 24.7. The van der Waals surface area contributed by atoms with Gasteiger partial charge >= 0.3 is 0 Å². The molecule has 52 heavy (non-hydrogen) atoms. The molecule has 2 heterocycles. The number of aromatic nitrogens is 1. The van der Waals surface area contributed by atoms with Crippen LogP contribution in [0.15, 0.2) is 69.1 Å². The summed E-state index contributed by atoms with van der Waals surface area (Å²) in [6.07, 6.45) is 14.8. The fourth-order valence-corrected chi connectivity index (χ4v) is 10.8. The second kappa shape index (κ2) is 16.4. The van der Waals surface area contributed by atoms with Gasteiger partial charge in [-0.3, -0.25) is 9.11 Å². The summed E-state index contributed by atoms with van der Waals surface area (Å²) in [6.45, 7) is 1.13. The van der Waals surface area contributed by atoms with E-state index in [0.29, 0.717) is 66.2 Å². The zero-order chi connectivity index (χ0) is 37.2. The number of benzene rings is 2. The number of hydrogen-bond donors (Lipinski definition) is 2. The number of allylic oxidation sites excluding steroid dienone is 6. The molecule has 0 radical (unpaired) electrons. The first kappa shape index (κ1) is 39.1. The van der Waals surface area contributed by atoms with Gasteiger partial charge in [0.05, 0.1) is 46.5 Å². The predicted molar refractivity (Wildman–Crippen MR) is 210 cm³/mol. The smallest absolute Gasteiger partial charge is 0.264 e. The molecule has 280 valence electrons. The lowest BCUT2D eigenvalue weighted by molar-refractivity contribution is -0.669. The summed E-state index contributed by atoms with van der Waals surface area (Å²) >= 11 is 16.3. The largest absolute Gasteiger partial charge is 0.495 e. The van der Waals surface area contributed by atoms with E-state index in [2.05, 4.69) is 33.8 Å². The van der Waals surface area contributed by atoms with E-state index in [9.17, 15) is 25.9 Å². The Balaban J connectivity index is 1.29. The second-order valence-corrected chi connectivity index (χ2v) is 19.2. The quantitative estimate of drug-likeness (QED) is 0.0923. The van der Waals surface area contributed by atoms with Crippen LogP contribution in [0.1, 0.15) is 56.4 Å². The number of anilines is 1. The Morgan fingerprint density at radius 2 is 1.56 bits per heavy atom. The highest BCUT2D eigenvalue weighted by Crippen LogP contribution is 2.50. The van der Waals surface area contributed by atoms with Gasteiger partial charge in [-0.2, -0.15) is 21.4 Å². The van der Waals surface area contributed by atoms with Gasteiger partial charge in [0.25, 0.3) is 25.2 Å². The van der Waals surface area contributed by atoms with E-state index in [1.54, 1.807) is 37.3 Å². The minimum absolute atomic E-state index is 0.280. The Bertz CT molecular complexity index is 2210. The van der Waals surface area contributed by atoms with Crippen LogP contribution in [-0.4, -0.2) is 58.2 Å². The average molecular weight is 829 g/mol. The summed E-state index contributed by atoms with van der Waals surface area (Å²) in [5, 5.41) is 3.05. The minimum Gasteiger partial charge on any atom is -0.495 e. The molecule has 0 amide bonds. The number of aryl methyl sites for hydroxylation is 1. The average Bonchev–Trinajstić information content (AvgIpc) is 3.58. The Morgan fingerprint density at radius 1 is 0.885 bits per heavy atom. The first-order valence-electron chi connectivity index (χ1n) is 17.0. The number of hydrogen-bond acceptors (Lipinski definition) is 9. The number of ether oxygens (including phenoxy) is 2. The van der Waals surface area contributed by atoms with Crippen LogP contribution in [0.3, 0.4) is 0 Å². The molecule has 2 aliphatic carbocycles. The maximum Gasteiger partial charge on any atom is 0.264 e. The Labute approximate surface area is 323 Å². The topological polar surface area (TPSA) is 134 Å². The molecule has 10 nitrogen and oxygen atoms in total. The van der Waals surface area contributed by atoms with E-state index in [0.717, 1.165) is 56.5 Å². The number of unbranched alkanes of at least 4 members (excludes halogenated alkanes) is 2. The summed E-state index contributed by atoms with van der Waals surface area (Å²) in [7, 11) is -4.89. The molecule has 1 aromatic heterocycles. The molecule has 0 spiro atoms. The Kier molecular flexibility index (Phi) is 12.4. The highest BCUT2D eigenvalue weighted by molar-refractivity contribution is 8.03. The van der Waals surface area contributed by atoms with Gasteiger partial charge in [0, 0.05) is 36.1 Å². The van der Waals surface area contributed by atoms with Gasteiger partial charge < -0.3 is 14.4 Å². The zero-order valence-corrected chi connectivity index (χ0v) is 33.6. The van der Waals surface area contributed by atoms with Crippen LogP contribution >= 0.6 is 46.3 Å². The first-order valence-corrected chi connectivity index (χ1v) is 22.6. The molecule has 1 unspecified atom stereocenters. The Morgan fingerprint density at radius 3 is 2.27 bits per heavy atom. The van der Waals surface area contributed by atoms with Crippen LogP contribution in [0, 0.1) is 5.92 Å². The van der Waals surface area contributed by atoms with Crippen LogP contribution < -0.4 is 18.9 Å². The molecule has 3 aromatic rings. The van der Waals surface area contributed by atoms with Crippen molar-refractivity contribution in [2.24, 2.45) is 5.92 Å². The van der Waals surface area contributed by atoms with Crippen LogP contribution in [0.25, 0.3) is 16.3 Å². The molecule has 1 aliphatic heterocycles. The number of thioether (sulfide) groups is 1. The second-order valence-electron chi connectivity index (χ2n) is 13.1. The fraction of sp³-hybridized carbons (Fsp3) is 0.417. The molecule has 0 saturated heterocycles. The molecule has 2 aromatic carbocycles. The molecule has 3 aliphatic rings. The summed E-state index contributed by atoms with van der Waals surface area (Å²) < 4.78 is 77.9. The van der Waals surface area contributed by atoms with E-state index < -0.39 is 20.2 Å². The van der Waals surface area contributed by atoms with Crippen molar-refractivity contribution in [2.75, 3.05) is 37.2 Å². The molecule has 0 saturated carbocycles. The van der Waals surface area contributed by atoms with E-state index >= 15 is 0 Å². The minimum atomic E-state index is -4.03. The van der Waals surface area contributed by atoms with Crippen molar-refractivity contribution in [3.8, 4) is 11.5 Å². The van der Waals surface area contributed by atoms with Crippen molar-refractivity contribution in [2.45, 2.75) is 62.8 Å². The monoisotopic (exact) mass is 827 g/mol. The Hall–Kier alpha value is -2.56. The highest BCUT2D eigenvalue weighted by atomic mass is 35.5. The van der Waals surface area contributed by atoms with Gasteiger partial charge in [-0.05, 0) is 85.8 Å². The van der Waals surface area contributed by atoms with Crippen molar-refractivity contribution >= 4 is 88.5 Å². The van der Waals surface area contributed by atoms with Crippen LogP contribution in [0.4, 0.5) is 5.69 Å². The summed E-state index contributed by atoms with van der Waals surface area (Å²) in [6, 6.07) is 7.63. The molecule has 0 bridgehead atoms. The van der Waals surface area contributed by atoms with Crippen molar-refractivity contribution < 1.29 is 40.0 Å². The summed E-state index contributed by atoms with van der Waals surface area (Å²) in [5.74, 6) is 1.08. The maximum absolute atomic E-state index is 11.3. The number of methoxy groups -OCH3 is 2. The predicted octanol–water partition coefficient (Wildman–Crippen LogP) is 8.74. The summed E-state index contributed by atoms with van der Waals surface area (Å²) in [4.78, 5) is 3.17. The van der Waals surface area contributed by atoms with Crippen molar-refractivity contribution in [3.63, 3.8) is 0 Å². The fourth-order valence-electron chi connectivity index (χ4n) is 6.86. The molecule has 16 heteroatoms. The van der Waals surface area contributed by atoms with E-state index in [1.165, 1.54) is 16.7 Å². The van der Waals surface area contributed by atoms with Crippen molar-refractivity contribution in [1.29, 1.82) is 0 Å². The van der Waals surface area contributed by atoms with E-state index in [1.807, 2.05) is 24.3 Å². The number of nitrogens with zero attached hydrogens (tertiary/aromatic N) is 2. The molecule has 1 atom stereocenters. The summed E-state index contributed by atoms with van der Waals surface area (Å²) in [5.41, 5.74) is 5.58. The van der Waals surface area contributed by atoms with Crippen molar-refractivity contribution in [3.05, 3.63) is 79.3 Å². The number of thiazole rings is 1. The maximum atomic E-state index is 11.3. The van der Waals surface area contributed by atoms with Gasteiger partial charge in [0.2, 0.25) is 5.52 Å². The molecular weight excluding hydrogens is 788 g/mol. The van der Waals surface area contributed by atoms with Crippen LogP contribution in [0.5, 0.6) is 11.5 Å². The molecular formula is C36H41Cl2N2O8S4+. The van der Waals surface area contributed by atoms with Gasteiger partial charge in [0.15, 0.2) is 6.54 Å². The van der Waals surface area contributed by atoms with Gasteiger partial charge in [-0.25, -0.2) is 0 Å². The standard InChI is InChI=1S/C36H40Cl2N2O8S4/c1-47-31-21-33-29(19-27(31)37)39(11-3-5-13-51(41,42)43)35(49-33)17-23-7-9-25-10-8-24(16-26(25)15-23)18-36-40(12-4-6-14-52(44,45)46)30-20-28(38)32(48-2)22-34(30)50-36/h15-22,25H,3-14H2,1-2H3,(H-,41,42,43,44,45,46)/p+1. The highest BCUT2D eigenvalue weighted by Gasteiger charge is 2.29. The zero-order valence-electron chi connectivity index (χ0n) is 28.8. The van der Waals surface area contributed by atoms with Gasteiger partial charge in [-0.1, -0.05) is 58.5 Å². The van der Waals surface area contributed by atoms with E-state index in [4.69, 9.17) is 32.7 Å². The van der Waals surface area contributed by atoms with Crippen LogP contribution in [0.2, 0.25) is 10.0 Å². The number of halogens is 2. The van der Waals surface area contributed by atoms with Crippen LogP contribution in [-0.2, 0) is 26.8 Å². The van der Waals surface area contributed by atoms with Gasteiger partial charge in [-0.15, -0.1) is 0 Å². The number of rotatable bonds is 14. The third kappa shape index (κ3) is 9.56. The normalized spacial score (nSPS) is 19.2. The van der Waals surface area contributed by atoms with Gasteiger partial charge in [0.1, 0.15) is 16.2 Å². The molecule has 0 fully saturated rings. The number of fused-ring (bicyclic) bond motifs is 3. The third-order valence-corrected chi connectivity index (χ3v) is 13.8. The third-order valence-electron chi connectivity index (χ3n) is 9.43.